The van der Waals surface area contributed by atoms with E-state index in [2.05, 4.69) is 39.9 Å². The van der Waals surface area contributed by atoms with Crippen LogP contribution in [0, 0.1) is 6.92 Å². The molecule has 0 radical (unpaired) electrons. The lowest BCUT2D eigenvalue weighted by Gasteiger charge is -2.14. The van der Waals surface area contributed by atoms with Crippen molar-refractivity contribution in [2.45, 2.75) is 13.0 Å². The molecule has 0 aliphatic carbocycles. The Morgan fingerprint density at radius 1 is 1.29 bits per heavy atom. The number of hydrazine groups is 1. The highest BCUT2D eigenvalue weighted by molar-refractivity contribution is 7.08. The zero-order valence-electron chi connectivity index (χ0n) is 7.86. The van der Waals surface area contributed by atoms with Crippen LogP contribution in [0.3, 0.4) is 0 Å². The number of thiophene rings is 2. The molecular weight excluding hydrogens is 212 g/mol. The Bertz CT molecular complexity index is 392. The maximum Gasteiger partial charge on any atom is 0.0728 e. The Morgan fingerprint density at radius 3 is 2.64 bits per heavy atom. The molecule has 0 aliphatic rings. The van der Waals surface area contributed by atoms with E-state index in [1.165, 1.54) is 16.7 Å². The fourth-order valence-corrected chi connectivity index (χ4v) is 3.03. The molecule has 0 spiro atoms. The second-order valence-corrected chi connectivity index (χ2v) is 4.69. The van der Waals surface area contributed by atoms with E-state index in [1.54, 1.807) is 22.7 Å². The van der Waals surface area contributed by atoms with Crippen molar-refractivity contribution in [3.8, 4) is 0 Å². The molecule has 74 valence electrons. The minimum atomic E-state index is 0.132. The highest BCUT2D eigenvalue weighted by Crippen LogP contribution is 2.27. The van der Waals surface area contributed by atoms with Gasteiger partial charge in [-0.3, -0.25) is 5.84 Å². The monoisotopic (exact) mass is 224 g/mol. The summed E-state index contributed by atoms with van der Waals surface area (Å²) in [6.45, 7) is 2.11. The second-order valence-electron chi connectivity index (χ2n) is 3.17. The molecule has 0 aromatic carbocycles. The zero-order valence-corrected chi connectivity index (χ0v) is 9.49. The Hall–Kier alpha value is -0.680. The van der Waals surface area contributed by atoms with Gasteiger partial charge in [0, 0.05) is 0 Å². The van der Waals surface area contributed by atoms with Gasteiger partial charge in [-0.05, 0) is 51.2 Å². The molecule has 2 aromatic rings. The van der Waals surface area contributed by atoms with Gasteiger partial charge in [0.15, 0.2) is 0 Å². The van der Waals surface area contributed by atoms with Crippen molar-refractivity contribution in [3.63, 3.8) is 0 Å². The first-order chi connectivity index (χ1) is 6.83. The first kappa shape index (κ1) is 9.86. The van der Waals surface area contributed by atoms with E-state index >= 15 is 0 Å². The van der Waals surface area contributed by atoms with Gasteiger partial charge >= 0.3 is 0 Å². The lowest BCUT2D eigenvalue weighted by atomic mass is 10.0. The molecule has 0 bridgehead atoms. The van der Waals surface area contributed by atoms with Gasteiger partial charge in [0.2, 0.25) is 0 Å². The average molecular weight is 224 g/mol. The van der Waals surface area contributed by atoms with E-state index in [-0.39, 0.29) is 6.04 Å². The number of rotatable bonds is 3. The Balaban J connectivity index is 2.36. The van der Waals surface area contributed by atoms with Crippen molar-refractivity contribution in [3.05, 3.63) is 44.3 Å². The molecular formula is C10H12N2S2. The van der Waals surface area contributed by atoms with Crippen LogP contribution < -0.4 is 11.3 Å². The van der Waals surface area contributed by atoms with E-state index < -0.39 is 0 Å². The van der Waals surface area contributed by atoms with E-state index in [0.717, 1.165) is 0 Å². The molecule has 1 unspecified atom stereocenters. The topological polar surface area (TPSA) is 38.0 Å². The summed E-state index contributed by atoms with van der Waals surface area (Å²) >= 11 is 3.41. The fourth-order valence-electron chi connectivity index (χ4n) is 1.47. The van der Waals surface area contributed by atoms with Crippen LogP contribution in [0.1, 0.15) is 22.7 Å². The molecule has 2 heterocycles. The predicted molar refractivity (Wildman–Crippen MR) is 62.5 cm³/mol. The number of hydrogen-bond acceptors (Lipinski definition) is 4. The third-order valence-electron chi connectivity index (χ3n) is 2.25. The summed E-state index contributed by atoms with van der Waals surface area (Å²) in [5, 5.41) is 8.49. The van der Waals surface area contributed by atoms with Crippen molar-refractivity contribution in [1.82, 2.24) is 5.43 Å². The molecule has 1 atom stereocenters. The Morgan fingerprint density at radius 2 is 2.14 bits per heavy atom. The van der Waals surface area contributed by atoms with Crippen molar-refractivity contribution in [2.24, 2.45) is 5.84 Å². The molecule has 2 aromatic heterocycles. The molecule has 0 amide bonds. The van der Waals surface area contributed by atoms with Crippen LogP contribution in [0.5, 0.6) is 0 Å². The summed E-state index contributed by atoms with van der Waals surface area (Å²) in [5.41, 5.74) is 6.67. The predicted octanol–water partition coefficient (Wildman–Crippen LogP) is 2.67. The van der Waals surface area contributed by atoms with Crippen molar-refractivity contribution in [1.29, 1.82) is 0 Å². The summed E-state index contributed by atoms with van der Waals surface area (Å²) in [4.78, 5) is 0. The van der Waals surface area contributed by atoms with E-state index in [4.69, 9.17) is 5.84 Å². The van der Waals surface area contributed by atoms with Crippen molar-refractivity contribution >= 4 is 22.7 Å². The molecule has 2 nitrogen and oxygen atoms in total. The highest BCUT2D eigenvalue weighted by atomic mass is 32.1. The van der Waals surface area contributed by atoms with Gasteiger partial charge in [-0.15, -0.1) is 0 Å². The van der Waals surface area contributed by atoms with Crippen LogP contribution >= 0.6 is 22.7 Å². The molecule has 0 saturated heterocycles. The molecule has 0 fully saturated rings. The standard InChI is InChI=1S/C10H12N2S2/c1-7-4-14-6-9(7)10(12-11)8-2-3-13-5-8/h2-6,10,12H,11H2,1H3. The quantitative estimate of drug-likeness (QED) is 0.621. The largest absolute Gasteiger partial charge is 0.271 e. The molecule has 0 aliphatic heterocycles. The lowest BCUT2D eigenvalue weighted by Crippen LogP contribution is -2.28. The van der Waals surface area contributed by atoms with Crippen LogP contribution in [0.4, 0.5) is 0 Å². The molecule has 3 N–H and O–H groups in total. The van der Waals surface area contributed by atoms with Crippen LogP contribution in [0.25, 0.3) is 0 Å². The summed E-state index contributed by atoms with van der Waals surface area (Å²) in [6.07, 6.45) is 0. The van der Waals surface area contributed by atoms with Crippen LogP contribution in [0.15, 0.2) is 27.6 Å². The molecule has 4 heteroatoms. The van der Waals surface area contributed by atoms with Crippen LogP contribution in [-0.4, -0.2) is 0 Å². The van der Waals surface area contributed by atoms with E-state index in [1.807, 2.05) is 0 Å². The summed E-state index contributed by atoms with van der Waals surface area (Å²) in [5.74, 6) is 5.58. The Kier molecular flexibility index (Phi) is 2.98. The highest BCUT2D eigenvalue weighted by Gasteiger charge is 2.15. The minimum absolute atomic E-state index is 0.132. The van der Waals surface area contributed by atoms with Gasteiger partial charge < -0.3 is 0 Å². The number of hydrogen-bond donors (Lipinski definition) is 2. The number of nitrogens with two attached hydrogens (primary N) is 1. The number of nitrogens with one attached hydrogen (secondary N) is 1. The summed E-state index contributed by atoms with van der Waals surface area (Å²) in [7, 11) is 0. The molecule has 2 rings (SSSR count). The van der Waals surface area contributed by atoms with Crippen LogP contribution in [-0.2, 0) is 0 Å². The van der Waals surface area contributed by atoms with Gasteiger partial charge in [-0.2, -0.15) is 22.7 Å². The lowest BCUT2D eigenvalue weighted by molar-refractivity contribution is 0.638. The van der Waals surface area contributed by atoms with Crippen LogP contribution in [0.2, 0.25) is 0 Å². The van der Waals surface area contributed by atoms with Gasteiger partial charge in [0.1, 0.15) is 0 Å². The normalized spacial score (nSPS) is 13.0. The average Bonchev–Trinajstić information content (AvgIpc) is 2.80. The van der Waals surface area contributed by atoms with Gasteiger partial charge in [0.05, 0.1) is 6.04 Å². The number of aryl methyl sites for hydroxylation is 1. The maximum absolute atomic E-state index is 5.58. The maximum atomic E-state index is 5.58. The third-order valence-corrected chi connectivity index (χ3v) is 3.83. The third kappa shape index (κ3) is 1.74. The molecule has 0 saturated carbocycles. The smallest absolute Gasteiger partial charge is 0.0728 e. The summed E-state index contributed by atoms with van der Waals surface area (Å²) < 4.78 is 0. The van der Waals surface area contributed by atoms with Gasteiger partial charge in [-0.25, -0.2) is 5.43 Å². The zero-order chi connectivity index (χ0) is 9.97. The second kappa shape index (κ2) is 4.23. The Labute approximate surface area is 91.4 Å². The van der Waals surface area contributed by atoms with E-state index in [9.17, 15) is 0 Å². The fraction of sp³-hybridized carbons (Fsp3) is 0.200. The first-order valence-electron chi connectivity index (χ1n) is 4.34. The van der Waals surface area contributed by atoms with E-state index in [0.29, 0.717) is 0 Å². The van der Waals surface area contributed by atoms with Gasteiger partial charge in [0.25, 0.3) is 0 Å². The first-order valence-corrected chi connectivity index (χ1v) is 6.22. The molecule has 14 heavy (non-hydrogen) atoms. The minimum Gasteiger partial charge on any atom is -0.271 e. The van der Waals surface area contributed by atoms with Crippen molar-refractivity contribution < 1.29 is 0 Å². The van der Waals surface area contributed by atoms with Gasteiger partial charge in [-0.1, -0.05) is 0 Å². The van der Waals surface area contributed by atoms with Crippen molar-refractivity contribution in [2.75, 3.05) is 0 Å². The SMILES string of the molecule is Cc1cscc1C(NN)c1ccsc1. The summed E-state index contributed by atoms with van der Waals surface area (Å²) in [6, 6.07) is 2.24.